The van der Waals surface area contributed by atoms with Crippen LogP contribution in [-0.2, 0) is 4.43 Å². The third-order valence-electron chi connectivity index (χ3n) is 3.06. The maximum atomic E-state index is 5.79. The molecular formula is C8H21NOSi2. The Kier molecular flexibility index (Phi) is 3.96. The van der Waals surface area contributed by atoms with Crippen LogP contribution in [0.15, 0.2) is 0 Å². The topological polar surface area (TPSA) is 12.5 Å². The highest BCUT2D eigenvalue weighted by Gasteiger charge is 2.41. The predicted octanol–water partition coefficient (Wildman–Crippen LogP) is 0.584. The highest BCUT2D eigenvalue weighted by molar-refractivity contribution is 6.71. The zero-order chi connectivity index (χ0) is 9.03. The van der Waals surface area contributed by atoms with Gasteiger partial charge in [-0.25, -0.2) is 0 Å². The largest absolute Gasteiger partial charge is 0.406 e. The minimum absolute atomic E-state index is 1.27. The van der Waals surface area contributed by atoms with E-state index in [9.17, 15) is 0 Å². The Labute approximate surface area is 79.9 Å². The van der Waals surface area contributed by atoms with Gasteiger partial charge < -0.3 is 8.99 Å². The Morgan fingerprint density at radius 1 is 1.58 bits per heavy atom. The summed E-state index contributed by atoms with van der Waals surface area (Å²) in [7, 11) is 4.14. The third kappa shape index (κ3) is 1.99. The van der Waals surface area contributed by atoms with Crippen LogP contribution >= 0.6 is 0 Å². The van der Waals surface area contributed by atoms with Crippen molar-refractivity contribution in [2.45, 2.75) is 31.0 Å². The summed E-state index contributed by atoms with van der Waals surface area (Å²) in [5, 5.41) is 0. The van der Waals surface area contributed by atoms with Crippen molar-refractivity contribution in [2.75, 3.05) is 20.7 Å². The normalized spacial score (nSPS) is 31.5. The van der Waals surface area contributed by atoms with Crippen LogP contribution in [0.5, 0.6) is 0 Å². The van der Waals surface area contributed by atoms with Crippen molar-refractivity contribution in [3.05, 3.63) is 0 Å². The van der Waals surface area contributed by atoms with E-state index in [-0.39, 0.29) is 0 Å². The fourth-order valence-electron chi connectivity index (χ4n) is 2.12. The van der Waals surface area contributed by atoms with Gasteiger partial charge in [0.15, 0.2) is 0 Å². The molecule has 0 amide bonds. The first-order chi connectivity index (χ1) is 5.75. The Bertz CT molecular complexity index is 145. The molecule has 0 aliphatic carbocycles. The Morgan fingerprint density at radius 2 is 2.33 bits per heavy atom. The molecule has 72 valence electrons. The van der Waals surface area contributed by atoms with Crippen LogP contribution in [-0.4, -0.2) is 44.0 Å². The van der Waals surface area contributed by atoms with Crippen molar-refractivity contribution in [1.29, 1.82) is 0 Å². The summed E-state index contributed by atoms with van der Waals surface area (Å²) in [6.45, 7) is 1.27. The maximum Gasteiger partial charge on any atom is 0.270 e. The van der Waals surface area contributed by atoms with Crippen molar-refractivity contribution in [3.8, 4) is 0 Å². The maximum absolute atomic E-state index is 5.79. The van der Waals surface area contributed by atoms with Gasteiger partial charge in [0.25, 0.3) is 8.48 Å². The standard InChI is InChI=1S/C8H21NOSi2/c1-9-5-3-7-12(9,10-2)8-4-6-11/h3-8H2,1-2,11H3. The molecule has 12 heavy (non-hydrogen) atoms. The second kappa shape index (κ2) is 4.55. The van der Waals surface area contributed by atoms with Crippen LogP contribution in [0.25, 0.3) is 0 Å². The van der Waals surface area contributed by atoms with Crippen molar-refractivity contribution in [2.24, 2.45) is 0 Å². The second-order valence-electron chi connectivity index (χ2n) is 3.78. The molecule has 1 heterocycles. The van der Waals surface area contributed by atoms with Crippen LogP contribution in [0.3, 0.4) is 0 Å². The molecular weight excluding hydrogens is 182 g/mol. The van der Waals surface area contributed by atoms with Gasteiger partial charge >= 0.3 is 0 Å². The lowest BCUT2D eigenvalue weighted by molar-refractivity contribution is 0.332. The summed E-state index contributed by atoms with van der Waals surface area (Å²) < 4.78 is 8.31. The summed E-state index contributed by atoms with van der Waals surface area (Å²) in [6, 6.07) is 4.16. The molecule has 4 heteroatoms. The van der Waals surface area contributed by atoms with E-state index >= 15 is 0 Å². The number of hydrogen-bond acceptors (Lipinski definition) is 2. The Balaban J connectivity index is 2.49. The van der Waals surface area contributed by atoms with Gasteiger partial charge in [-0.05, 0) is 32.1 Å². The molecule has 1 fully saturated rings. The first kappa shape index (κ1) is 10.4. The lowest BCUT2D eigenvalue weighted by Gasteiger charge is -2.31. The number of hydrogen-bond donors (Lipinski definition) is 0. The summed E-state index contributed by atoms with van der Waals surface area (Å²) in [5.41, 5.74) is 0. The molecule has 1 unspecified atom stereocenters. The average molecular weight is 203 g/mol. The van der Waals surface area contributed by atoms with E-state index in [1.807, 2.05) is 7.11 Å². The molecule has 0 aromatic carbocycles. The summed E-state index contributed by atoms with van der Waals surface area (Å²) in [5.74, 6) is 0. The van der Waals surface area contributed by atoms with Gasteiger partial charge in [-0.1, -0.05) is 12.5 Å². The smallest absolute Gasteiger partial charge is 0.270 e. The molecule has 0 aromatic rings. The van der Waals surface area contributed by atoms with E-state index in [2.05, 4.69) is 11.6 Å². The van der Waals surface area contributed by atoms with Crippen LogP contribution in [0.4, 0.5) is 0 Å². The lowest BCUT2D eigenvalue weighted by atomic mass is 10.5. The predicted molar refractivity (Wildman–Crippen MR) is 59.0 cm³/mol. The highest BCUT2D eigenvalue weighted by atomic mass is 28.4. The van der Waals surface area contributed by atoms with Gasteiger partial charge in [0, 0.05) is 17.4 Å². The van der Waals surface area contributed by atoms with E-state index < -0.39 is 8.48 Å². The van der Waals surface area contributed by atoms with E-state index in [1.165, 1.54) is 47.8 Å². The molecule has 1 aliphatic rings. The molecule has 1 rings (SSSR count). The van der Waals surface area contributed by atoms with Gasteiger partial charge in [0.1, 0.15) is 0 Å². The van der Waals surface area contributed by atoms with E-state index in [0.29, 0.717) is 0 Å². The van der Waals surface area contributed by atoms with Gasteiger partial charge in [-0.2, -0.15) is 0 Å². The molecule has 0 saturated carbocycles. The van der Waals surface area contributed by atoms with Gasteiger partial charge in [-0.3, -0.25) is 0 Å². The fourth-order valence-corrected chi connectivity index (χ4v) is 7.09. The van der Waals surface area contributed by atoms with Gasteiger partial charge in [-0.15, -0.1) is 0 Å². The minimum atomic E-state index is -1.38. The number of rotatable bonds is 4. The van der Waals surface area contributed by atoms with Crippen LogP contribution < -0.4 is 0 Å². The average Bonchev–Trinajstić information content (AvgIpc) is 2.45. The monoisotopic (exact) mass is 203 g/mol. The van der Waals surface area contributed by atoms with Gasteiger partial charge in [0.2, 0.25) is 0 Å². The zero-order valence-electron chi connectivity index (χ0n) is 8.60. The van der Waals surface area contributed by atoms with Crippen LogP contribution in [0.1, 0.15) is 12.8 Å². The first-order valence-corrected chi connectivity index (χ1v) is 8.70. The molecule has 1 saturated heterocycles. The van der Waals surface area contributed by atoms with Crippen molar-refractivity contribution in [3.63, 3.8) is 0 Å². The van der Waals surface area contributed by atoms with Gasteiger partial charge in [0.05, 0.1) is 0 Å². The molecule has 0 bridgehead atoms. The van der Waals surface area contributed by atoms with E-state index in [1.54, 1.807) is 0 Å². The Hall–Kier alpha value is 0.354. The van der Waals surface area contributed by atoms with Crippen molar-refractivity contribution >= 4 is 18.7 Å². The summed E-state index contributed by atoms with van der Waals surface area (Å²) >= 11 is 0. The molecule has 1 atom stereocenters. The fraction of sp³-hybridized carbons (Fsp3) is 1.00. The van der Waals surface area contributed by atoms with E-state index in [0.717, 1.165) is 0 Å². The quantitative estimate of drug-likeness (QED) is 0.620. The lowest BCUT2D eigenvalue weighted by Crippen LogP contribution is -2.48. The zero-order valence-corrected chi connectivity index (χ0v) is 11.6. The van der Waals surface area contributed by atoms with Crippen LogP contribution in [0, 0.1) is 0 Å². The first-order valence-electron chi connectivity index (χ1n) is 5.01. The molecule has 0 aromatic heterocycles. The van der Waals surface area contributed by atoms with E-state index in [4.69, 9.17) is 4.43 Å². The Morgan fingerprint density at radius 3 is 2.75 bits per heavy atom. The highest BCUT2D eigenvalue weighted by Crippen LogP contribution is 2.30. The molecule has 1 aliphatic heterocycles. The third-order valence-corrected chi connectivity index (χ3v) is 8.41. The SMILES string of the molecule is CO[Si]1(CCC[SiH3])CCCN1C. The molecule has 0 radical (unpaired) electrons. The minimum Gasteiger partial charge on any atom is -0.406 e. The second-order valence-corrected chi connectivity index (χ2v) is 8.84. The number of nitrogens with zero attached hydrogens (tertiary/aromatic N) is 1. The molecule has 2 nitrogen and oxygen atoms in total. The molecule has 0 N–H and O–H groups in total. The molecule has 0 spiro atoms. The van der Waals surface area contributed by atoms with Crippen molar-refractivity contribution in [1.82, 2.24) is 4.57 Å². The van der Waals surface area contributed by atoms with Crippen LogP contribution in [0.2, 0.25) is 18.1 Å². The summed E-state index contributed by atoms with van der Waals surface area (Å²) in [4.78, 5) is 0. The van der Waals surface area contributed by atoms with Crippen molar-refractivity contribution < 1.29 is 4.43 Å². The summed E-state index contributed by atoms with van der Waals surface area (Å²) in [6.07, 6.45) is 2.76.